The van der Waals surface area contributed by atoms with Crippen LogP contribution in [0.5, 0.6) is 0 Å². The van der Waals surface area contributed by atoms with E-state index in [2.05, 4.69) is 51.8 Å². The molecule has 0 atom stereocenters. The van der Waals surface area contributed by atoms with E-state index in [1.807, 2.05) is 0 Å². The molecule has 2 heterocycles. The third-order valence-corrected chi connectivity index (χ3v) is 4.16. The zero-order valence-corrected chi connectivity index (χ0v) is 12.6. The summed E-state index contributed by atoms with van der Waals surface area (Å²) in [5.74, 6) is 1.35. The smallest absolute Gasteiger partial charge is 0.149 e. The molecule has 21 heavy (non-hydrogen) atoms. The van der Waals surface area contributed by atoms with Crippen LogP contribution < -0.4 is 15.5 Å². The summed E-state index contributed by atoms with van der Waals surface area (Å²) < 4.78 is 0. The lowest BCUT2D eigenvalue weighted by Gasteiger charge is -2.37. The minimum atomic E-state index is 0.476. The van der Waals surface area contributed by atoms with Crippen molar-refractivity contribution in [2.45, 2.75) is 13.8 Å². The Hall–Kier alpha value is -2.30. The zero-order valence-electron chi connectivity index (χ0n) is 12.6. The van der Waals surface area contributed by atoms with Crippen molar-refractivity contribution >= 4 is 17.3 Å². The van der Waals surface area contributed by atoms with Crippen LogP contribution in [0.2, 0.25) is 0 Å². The second-order valence-corrected chi connectivity index (χ2v) is 5.50. The van der Waals surface area contributed by atoms with E-state index in [1.165, 1.54) is 16.8 Å². The molecule has 1 aliphatic rings. The summed E-state index contributed by atoms with van der Waals surface area (Å²) in [6.45, 7) is 8.20. The Morgan fingerprint density at radius 3 is 2.43 bits per heavy atom. The number of nitrogen functional groups attached to an aromatic ring is 1. The van der Waals surface area contributed by atoms with Crippen LogP contribution in [0, 0.1) is 13.8 Å². The van der Waals surface area contributed by atoms with Gasteiger partial charge in [-0.3, -0.25) is 4.98 Å². The number of aryl methyl sites for hydroxylation is 1. The van der Waals surface area contributed by atoms with Crippen molar-refractivity contribution in [1.82, 2.24) is 9.97 Å². The Kier molecular flexibility index (Phi) is 3.64. The van der Waals surface area contributed by atoms with Crippen molar-refractivity contribution in [3.8, 4) is 0 Å². The molecule has 110 valence electrons. The number of anilines is 3. The molecular formula is C16H21N5. The van der Waals surface area contributed by atoms with Gasteiger partial charge in [-0.2, -0.15) is 0 Å². The number of hydrogen-bond donors (Lipinski definition) is 1. The highest BCUT2D eigenvalue weighted by atomic mass is 15.3. The summed E-state index contributed by atoms with van der Waals surface area (Å²) in [4.78, 5) is 13.2. The Balaban J connectivity index is 1.72. The molecule has 1 aromatic carbocycles. The van der Waals surface area contributed by atoms with E-state index in [-0.39, 0.29) is 0 Å². The summed E-state index contributed by atoms with van der Waals surface area (Å²) >= 11 is 0. The first kappa shape index (κ1) is 13.7. The molecule has 0 aliphatic carbocycles. The van der Waals surface area contributed by atoms with Crippen molar-refractivity contribution in [3.63, 3.8) is 0 Å². The van der Waals surface area contributed by atoms with Crippen LogP contribution in [0.25, 0.3) is 0 Å². The number of aromatic nitrogens is 2. The number of nitrogens with zero attached hydrogens (tertiary/aromatic N) is 4. The second kappa shape index (κ2) is 5.60. The van der Waals surface area contributed by atoms with E-state index in [4.69, 9.17) is 5.73 Å². The van der Waals surface area contributed by atoms with Crippen LogP contribution in [0.15, 0.2) is 30.6 Å². The van der Waals surface area contributed by atoms with Crippen molar-refractivity contribution in [3.05, 3.63) is 41.7 Å². The fraction of sp³-hybridized carbons (Fsp3) is 0.375. The predicted octanol–water partition coefficient (Wildman–Crippen LogP) is 2.00. The Morgan fingerprint density at radius 2 is 1.71 bits per heavy atom. The van der Waals surface area contributed by atoms with Crippen molar-refractivity contribution in [2.75, 3.05) is 41.7 Å². The van der Waals surface area contributed by atoms with Crippen LogP contribution in [0.4, 0.5) is 17.3 Å². The van der Waals surface area contributed by atoms with Gasteiger partial charge in [-0.05, 0) is 31.0 Å². The van der Waals surface area contributed by atoms with Gasteiger partial charge in [-0.15, -0.1) is 0 Å². The first-order chi connectivity index (χ1) is 10.1. The maximum absolute atomic E-state index is 5.71. The molecule has 5 heteroatoms. The molecule has 3 rings (SSSR count). The number of rotatable bonds is 2. The molecule has 1 fully saturated rings. The third-order valence-electron chi connectivity index (χ3n) is 4.16. The largest absolute Gasteiger partial charge is 0.382 e. The van der Waals surface area contributed by atoms with Gasteiger partial charge in [-0.25, -0.2) is 4.98 Å². The zero-order chi connectivity index (χ0) is 14.8. The third kappa shape index (κ3) is 2.77. The molecule has 0 amide bonds. The molecule has 0 bridgehead atoms. The molecular weight excluding hydrogens is 262 g/mol. The topological polar surface area (TPSA) is 58.3 Å². The molecule has 1 aliphatic heterocycles. The van der Waals surface area contributed by atoms with Crippen LogP contribution in [0.1, 0.15) is 11.1 Å². The summed E-state index contributed by atoms with van der Waals surface area (Å²) in [5.41, 5.74) is 9.76. The van der Waals surface area contributed by atoms with Crippen molar-refractivity contribution in [2.24, 2.45) is 0 Å². The second-order valence-electron chi connectivity index (χ2n) is 5.50. The highest BCUT2D eigenvalue weighted by Crippen LogP contribution is 2.24. The highest BCUT2D eigenvalue weighted by Gasteiger charge is 2.19. The lowest BCUT2D eigenvalue weighted by Crippen LogP contribution is -2.47. The normalized spacial score (nSPS) is 15.3. The molecule has 0 unspecified atom stereocenters. The lowest BCUT2D eigenvalue weighted by molar-refractivity contribution is 0.645. The highest BCUT2D eigenvalue weighted by molar-refractivity contribution is 5.57. The van der Waals surface area contributed by atoms with Gasteiger partial charge in [0.05, 0.1) is 12.4 Å². The van der Waals surface area contributed by atoms with Crippen LogP contribution in [-0.2, 0) is 0 Å². The van der Waals surface area contributed by atoms with Gasteiger partial charge in [0.2, 0.25) is 0 Å². The van der Waals surface area contributed by atoms with Gasteiger partial charge in [-0.1, -0.05) is 12.1 Å². The molecule has 2 N–H and O–H groups in total. The van der Waals surface area contributed by atoms with Crippen molar-refractivity contribution < 1.29 is 0 Å². The van der Waals surface area contributed by atoms with Gasteiger partial charge in [0.25, 0.3) is 0 Å². The number of nitrogens with two attached hydrogens (primary N) is 1. The van der Waals surface area contributed by atoms with Crippen LogP contribution >= 0.6 is 0 Å². The van der Waals surface area contributed by atoms with Crippen LogP contribution in [-0.4, -0.2) is 36.1 Å². The Bertz CT molecular complexity index is 632. The fourth-order valence-electron chi connectivity index (χ4n) is 2.78. The maximum atomic E-state index is 5.71. The first-order valence-electron chi connectivity index (χ1n) is 7.29. The number of piperazine rings is 1. The molecule has 5 nitrogen and oxygen atoms in total. The molecule has 0 spiro atoms. The Morgan fingerprint density at radius 1 is 1.00 bits per heavy atom. The van der Waals surface area contributed by atoms with E-state index in [0.717, 1.165) is 32.0 Å². The van der Waals surface area contributed by atoms with Gasteiger partial charge in [0.1, 0.15) is 11.6 Å². The quantitative estimate of drug-likeness (QED) is 0.913. The summed E-state index contributed by atoms with van der Waals surface area (Å²) in [7, 11) is 0. The van der Waals surface area contributed by atoms with Gasteiger partial charge in [0, 0.05) is 31.9 Å². The summed E-state index contributed by atoms with van der Waals surface area (Å²) in [6, 6.07) is 6.50. The van der Waals surface area contributed by atoms with Crippen LogP contribution in [0.3, 0.4) is 0 Å². The maximum Gasteiger partial charge on any atom is 0.149 e. The van der Waals surface area contributed by atoms with Gasteiger partial charge in [0.15, 0.2) is 0 Å². The first-order valence-corrected chi connectivity index (χ1v) is 7.29. The number of benzene rings is 1. The summed E-state index contributed by atoms with van der Waals surface area (Å²) in [6.07, 6.45) is 3.36. The SMILES string of the molecule is Cc1cccc(N2CCN(c3cncc(N)n3)CC2)c1C. The van der Waals surface area contributed by atoms with Crippen molar-refractivity contribution in [1.29, 1.82) is 0 Å². The standard InChI is InChI=1S/C16H21N5/c1-12-4-3-5-14(13(12)2)20-6-8-21(9-7-20)16-11-18-10-15(17)19-16/h3-5,10-11H,6-9H2,1-2H3,(H2,17,19). The molecule has 1 aromatic heterocycles. The predicted molar refractivity (Wildman–Crippen MR) is 86.8 cm³/mol. The molecule has 0 saturated carbocycles. The summed E-state index contributed by atoms with van der Waals surface area (Å²) in [5, 5.41) is 0. The van der Waals surface area contributed by atoms with E-state index in [9.17, 15) is 0 Å². The average Bonchev–Trinajstić information content (AvgIpc) is 2.50. The fourth-order valence-corrected chi connectivity index (χ4v) is 2.78. The van der Waals surface area contributed by atoms with E-state index in [0.29, 0.717) is 5.82 Å². The van der Waals surface area contributed by atoms with E-state index < -0.39 is 0 Å². The van der Waals surface area contributed by atoms with Gasteiger partial charge >= 0.3 is 0 Å². The Labute approximate surface area is 125 Å². The van der Waals surface area contributed by atoms with E-state index in [1.54, 1.807) is 12.4 Å². The molecule has 0 radical (unpaired) electrons. The monoisotopic (exact) mass is 283 g/mol. The molecule has 1 saturated heterocycles. The minimum absolute atomic E-state index is 0.476. The number of hydrogen-bond acceptors (Lipinski definition) is 5. The van der Waals surface area contributed by atoms with Gasteiger partial charge < -0.3 is 15.5 Å². The van der Waals surface area contributed by atoms with E-state index >= 15 is 0 Å². The lowest BCUT2D eigenvalue weighted by atomic mass is 10.1. The average molecular weight is 283 g/mol. The molecule has 2 aromatic rings. The minimum Gasteiger partial charge on any atom is -0.382 e.